The maximum absolute atomic E-state index is 11.2. The first-order valence-electron chi connectivity index (χ1n) is 5.27. The molecule has 0 saturated heterocycles. The van der Waals surface area contributed by atoms with Crippen molar-refractivity contribution in [3.8, 4) is 17.6 Å². The van der Waals surface area contributed by atoms with Crippen molar-refractivity contribution in [2.75, 3.05) is 14.2 Å². The van der Waals surface area contributed by atoms with E-state index >= 15 is 0 Å². The number of primary amides is 1. The van der Waals surface area contributed by atoms with Gasteiger partial charge in [0, 0.05) is 0 Å². The summed E-state index contributed by atoms with van der Waals surface area (Å²) in [6, 6.07) is 4.35. The topological polar surface area (TPSA) is 128 Å². The average molecular weight is 277 g/mol. The number of hydrogen-bond donors (Lipinski definition) is 1. The van der Waals surface area contributed by atoms with E-state index in [1.807, 2.05) is 0 Å². The predicted molar refractivity (Wildman–Crippen MR) is 69.0 cm³/mol. The van der Waals surface area contributed by atoms with Crippen LogP contribution in [0.3, 0.4) is 0 Å². The highest BCUT2D eigenvalue weighted by Gasteiger charge is 2.24. The maximum Gasteiger partial charge on any atom is 0.321 e. The fourth-order valence-electron chi connectivity index (χ4n) is 1.54. The van der Waals surface area contributed by atoms with Crippen LogP contribution in [-0.2, 0) is 4.79 Å². The number of nitro groups is 1. The Kier molecular flexibility index (Phi) is 4.64. The highest BCUT2D eigenvalue weighted by atomic mass is 16.6. The van der Waals surface area contributed by atoms with Crippen LogP contribution < -0.4 is 15.2 Å². The van der Waals surface area contributed by atoms with Gasteiger partial charge in [0.1, 0.15) is 17.4 Å². The molecule has 1 rings (SSSR count). The van der Waals surface area contributed by atoms with Crippen molar-refractivity contribution in [3.05, 3.63) is 33.4 Å². The molecular formula is C12H11N3O5. The monoisotopic (exact) mass is 277 g/mol. The molecule has 8 nitrogen and oxygen atoms in total. The zero-order chi connectivity index (χ0) is 15.3. The Morgan fingerprint density at radius 2 is 1.95 bits per heavy atom. The third kappa shape index (κ3) is 2.84. The summed E-state index contributed by atoms with van der Waals surface area (Å²) in [5, 5.41) is 20.0. The van der Waals surface area contributed by atoms with Gasteiger partial charge in [-0.3, -0.25) is 14.9 Å². The van der Waals surface area contributed by atoms with Gasteiger partial charge in [-0.05, 0) is 18.2 Å². The lowest BCUT2D eigenvalue weighted by atomic mass is 10.1. The molecule has 0 fully saturated rings. The summed E-state index contributed by atoms with van der Waals surface area (Å²) < 4.78 is 9.89. The van der Waals surface area contributed by atoms with Gasteiger partial charge in [-0.15, -0.1) is 0 Å². The summed E-state index contributed by atoms with van der Waals surface area (Å²) in [6.45, 7) is 0. The van der Waals surface area contributed by atoms with Crippen LogP contribution in [0.1, 0.15) is 5.56 Å². The van der Waals surface area contributed by atoms with E-state index in [4.69, 9.17) is 20.5 Å². The Hall–Kier alpha value is -3.08. The first-order valence-corrected chi connectivity index (χ1v) is 5.27. The van der Waals surface area contributed by atoms with E-state index in [1.54, 1.807) is 6.07 Å². The van der Waals surface area contributed by atoms with Gasteiger partial charge in [-0.25, -0.2) is 0 Å². The quantitative estimate of drug-likeness (QED) is 0.370. The molecule has 0 spiro atoms. The van der Waals surface area contributed by atoms with E-state index in [0.717, 1.165) is 6.08 Å². The minimum atomic E-state index is -0.994. The molecule has 0 saturated carbocycles. The summed E-state index contributed by atoms with van der Waals surface area (Å²) in [5.41, 5.74) is 4.10. The Morgan fingerprint density at radius 3 is 2.35 bits per heavy atom. The lowest BCUT2D eigenvalue weighted by Gasteiger charge is -2.09. The molecule has 0 bridgehead atoms. The van der Waals surface area contributed by atoms with Crippen LogP contribution in [0.4, 0.5) is 5.69 Å². The molecule has 0 aliphatic carbocycles. The van der Waals surface area contributed by atoms with E-state index in [-0.39, 0.29) is 17.1 Å². The molecule has 0 heterocycles. The Bertz CT molecular complexity index is 631. The van der Waals surface area contributed by atoms with Gasteiger partial charge in [-0.1, -0.05) is 0 Å². The average Bonchev–Trinajstić information content (AvgIpc) is 2.42. The van der Waals surface area contributed by atoms with Crippen LogP contribution in [0.25, 0.3) is 6.08 Å². The molecule has 0 aromatic heterocycles. The second-order valence-electron chi connectivity index (χ2n) is 3.52. The number of carbonyl (C=O) groups is 1. The molecular weight excluding hydrogens is 266 g/mol. The number of nitriles is 1. The molecule has 0 aliphatic heterocycles. The second kappa shape index (κ2) is 6.19. The molecule has 104 valence electrons. The van der Waals surface area contributed by atoms with Crippen molar-refractivity contribution in [2.24, 2.45) is 5.73 Å². The predicted octanol–water partition coefficient (Wildman–Crippen LogP) is 1.00. The molecule has 1 aromatic carbocycles. The van der Waals surface area contributed by atoms with E-state index in [2.05, 4.69) is 0 Å². The number of benzene rings is 1. The highest BCUT2D eigenvalue weighted by Crippen LogP contribution is 2.38. The van der Waals surface area contributed by atoms with E-state index in [1.165, 1.54) is 26.4 Å². The summed E-state index contributed by atoms with van der Waals surface area (Å²) in [7, 11) is 2.57. The number of nitrogens with zero attached hydrogens (tertiary/aromatic N) is 2. The zero-order valence-electron chi connectivity index (χ0n) is 10.7. The van der Waals surface area contributed by atoms with Crippen molar-refractivity contribution in [3.63, 3.8) is 0 Å². The Balaban J connectivity index is 3.69. The first kappa shape index (κ1) is 15.0. The molecule has 0 atom stereocenters. The van der Waals surface area contributed by atoms with Crippen molar-refractivity contribution >= 4 is 17.7 Å². The van der Waals surface area contributed by atoms with Crippen LogP contribution in [0, 0.1) is 21.4 Å². The standard InChI is InChI=1S/C12H11N3O5/c1-19-9-3-4-10(20-2)11(15(17)18)8(9)5-7(6-13)12(14)16/h3-5H,1-2H3,(H2,14,16)/b7-5+. The third-order valence-corrected chi connectivity index (χ3v) is 2.44. The molecule has 1 aromatic rings. The number of nitro benzene ring substituents is 1. The number of rotatable bonds is 5. The van der Waals surface area contributed by atoms with Crippen molar-refractivity contribution in [2.45, 2.75) is 0 Å². The van der Waals surface area contributed by atoms with Crippen molar-refractivity contribution in [1.82, 2.24) is 0 Å². The van der Waals surface area contributed by atoms with Gasteiger partial charge >= 0.3 is 5.69 Å². The number of hydrogen-bond acceptors (Lipinski definition) is 6. The maximum atomic E-state index is 11.2. The van der Waals surface area contributed by atoms with Crippen LogP contribution in [0.2, 0.25) is 0 Å². The number of ether oxygens (including phenoxy) is 2. The van der Waals surface area contributed by atoms with Gasteiger partial charge in [0.2, 0.25) is 0 Å². The zero-order valence-corrected chi connectivity index (χ0v) is 10.7. The fourth-order valence-corrected chi connectivity index (χ4v) is 1.54. The van der Waals surface area contributed by atoms with Crippen LogP contribution in [-0.4, -0.2) is 25.1 Å². The fraction of sp³-hybridized carbons (Fsp3) is 0.167. The molecule has 0 aliphatic rings. The number of methoxy groups -OCH3 is 2. The lowest BCUT2D eigenvalue weighted by Crippen LogP contribution is -2.12. The number of nitrogens with two attached hydrogens (primary N) is 1. The van der Waals surface area contributed by atoms with E-state index < -0.39 is 22.1 Å². The van der Waals surface area contributed by atoms with Gasteiger partial charge in [0.15, 0.2) is 5.75 Å². The van der Waals surface area contributed by atoms with E-state index in [0.29, 0.717) is 0 Å². The number of carbonyl (C=O) groups excluding carboxylic acids is 1. The molecule has 2 N–H and O–H groups in total. The van der Waals surface area contributed by atoms with E-state index in [9.17, 15) is 14.9 Å². The first-order chi connectivity index (χ1) is 9.46. The summed E-state index contributed by atoms with van der Waals surface area (Å²) in [5.74, 6) is -0.901. The van der Waals surface area contributed by atoms with Crippen molar-refractivity contribution < 1.29 is 19.2 Å². The van der Waals surface area contributed by atoms with Gasteiger partial charge in [0.25, 0.3) is 5.91 Å². The SMILES string of the molecule is COc1ccc(OC)c([N+](=O)[O-])c1/C=C(\C#N)C(N)=O. The molecule has 8 heteroatoms. The van der Waals surface area contributed by atoms with Gasteiger partial charge < -0.3 is 15.2 Å². The lowest BCUT2D eigenvalue weighted by molar-refractivity contribution is -0.386. The summed E-state index contributed by atoms with van der Waals surface area (Å²) in [6.07, 6.45) is 1.00. The van der Waals surface area contributed by atoms with Gasteiger partial charge in [0.05, 0.1) is 24.7 Å². The second-order valence-corrected chi connectivity index (χ2v) is 3.52. The van der Waals surface area contributed by atoms with Crippen LogP contribution in [0.15, 0.2) is 17.7 Å². The minimum absolute atomic E-state index is 0.0242. The number of amides is 1. The highest BCUT2D eigenvalue weighted by molar-refractivity contribution is 6.01. The van der Waals surface area contributed by atoms with Gasteiger partial charge in [-0.2, -0.15) is 5.26 Å². The molecule has 0 radical (unpaired) electrons. The Morgan fingerprint density at radius 1 is 1.40 bits per heavy atom. The summed E-state index contributed by atoms with van der Waals surface area (Å²) >= 11 is 0. The minimum Gasteiger partial charge on any atom is -0.496 e. The van der Waals surface area contributed by atoms with Crippen molar-refractivity contribution in [1.29, 1.82) is 5.26 Å². The Labute approximate surface area is 114 Å². The molecule has 0 unspecified atom stereocenters. The van der Waals surface area contributed by atoms with Crippen LogP contribution in [0.5, 0.6) is 11.5 Å². The third-order valence-electron chi connectivity index (χ3n) is 2.44. The smallest absolute Gasteiger partial charge is 0.321 e. The van der Waals surface area contributed by atoms with Crippen LogP contribution >= 0.6 is 0 Å². The summed E-state index contributed by atoms with van der Waals surface area (Å²) in [4.78, 5) is 21.5. The molecule has 1 amide bonds. The molecule has 20 heavy (non-hydrogen) atoms. The normalized spacial score (nSPS) is 10.6. The largest absolute Gasteiger partial charge is 0.496 e.